The van der Waals surface area contributed by atoms with Crippen molar-refractivity contribution in [3.8, 4) is 5.75 Å². The molecule has 0 aromatic carbocycles. The highest BCUT2D eigenvalue weighted by atomic mass is 19.4. The lowest BCUT2D eigenvalue weighted by atomic mass is 9.93. The Labute approximate surface area is 171 Å². The van der Waals surface area contributed by atoms with Gasteiger partial charge in [-0.05, 0) is 38.0 Å². The molecule has 2 saturated carbocycles. The molecule has 2 heterocycles. The first-order chi connectivity index (χ1) is 14.1. The number of hydrogen-bond donors (Lipinski definition) is 1. The summed E-state index contributed by atoms with van der Waals surface area (Å²) in [6.07, 6.45) is 1.47. The zero-order valence-corrected chi connectivity index (χ0v) is 16.8. The fourth-order valence-electron chi connectivity index (χ4n) is 3.49. The second-order valence-electron chi connectivity index (χ2n) is 8.36. The molecule has 0 aliphatic heterocycles. The molecule has 4 rings (SSSR count). The first-order valence-electron chi connectivity index (χ1n) is 9.96. The fraction of sp³-hybridized carbons (Fsp3) is 0.600. The lowest BCUT2D eigenvalue weighted by molar-refractivity contribution is -0.153. The number of nitrogens with one attached hydrogen (secondary N) is 1. The van der Waals surface area contributed by atoms with E-state index in [0.717, 1.165) is 25.7 Å². The smallest absolute Gasteiger partial charge is 0.422 e. The van der Waals surface area contributed by atoms with E-state index in [-0.39, 0.29) is 17.4 Å². The molecule has 0 bridgehead atoms. The molecule has 162 valence electrons. The average Bonchev–Trinajstić information content (AvgIpc) is 3.59. The summed E-state index contributed by atoms with van der Waals surface area (Å²) in [5.74, 6) is 0.846. The average molecular weight is 424 g/mol. The van der Waals surface area contributed by atoms with Crippen LogP contribution in [-0.2, 0) is 5.54 Å². The van der Waals surface area contributed by atoms with Crippen molar-refractivity contribution < 1.29 is 27.2 Å². The SMILES string of the molecule is Cc1nc([C@](C)(CC2CC2)NC(=O)c2cc(OCC(F)(F)F)c(C3CC3)cn2)no1. The van der Waals surface area contributed by atoms with Crippen LogP contribution in [0.15, 0.2) is 16.8 Å². The van der Waals surface area contributed by atoms with Crippen LogP contribution in [0.3, 0.4) is 0 Å². The number of nitrogens with zero attached hydrogens (tertiary/aromatic N) is 3. The topological polar surface area (TPSA) is 90.1 Å². The lowest BCUT2D eigenvalue weighted by Crippen LogP contribution is -2.45. The van der Waals surface area contributed by atoms with E-state index in [1.165, 1.54) is 12.3 Å². The van der Waals surface area contributed by atoms with Gasteiger partial charge in [-0.25, -0.2) is 0 Å². The summed E-state index contributed by atoms with van der Waals surface area (Å²) in [5.41, 5.74) is -0.288. The number of carbonyl (C=O) groups excluding carboxylic acids is 1. The summed E-state index contributed by atoms with van der Waals surface area (Å²) in [4.78, 5) is 21.4. The zero-order valence-electron chi connectivity index (χ0n) is 16.8. The monoisotopic (exact) mass is 424 g/mol. The number of aromatic nitrogens is 3. The lowest BCUT2D eigenvalue weighted by Gasteiger charge is -2.27. The van der Waals surface area contributed by atoms with Gasteiger partial charge >= 0.3 is 6.18 Å². The van der Waals surface area contributed by atoms with Crippen molar-refractivity contribution in [2.75, 3.05) is 6.61 Å². The third-order valence-electron chi connectivity index (χ3n) is 5.34. The van der Waals surface area contributed by atoms with Crippen molar-refractivity contribution in [2.45, 2.75) is 63.6 Å². The largest absolute Gasteiger partial charge is 0.484 e. The van der Waals surface area contributed by atoms with Gasteiger partial charge in [-0.15, -0.1) is 0 Å². The van der Waals surface area contributed by atoms with Gasteiger partial charge in [-0.3, -0.25) is 9.78 Å². The molecule has 0 saturated heterocycles. The van der Waals surface area contributed by atoms with Crippen LogP contribution < -0.4 is 10.1 Å². The number of aryl methyl sites for hydroxylation is 1. The Morgan fingerprint density at radius 2 is 2.03 bits per heavy atom. The Morgan fingerprint density at radius 3 is 2.60 bits per heavy atom. The highest BCUT2D eigenvalue weighted by molar-refractivity contribution is 5.93. The molecule has 1 amide bonds. The minimum absolute atomic E-state index is 0.0150. The summed E-state index contributed by atoms with van der Waals surface area (Å²) in [6, 6.07) is 1.29. The molecule has 1 N–H and O–H groups in total. The summed E-state index contributed by atoms with van der Waals surface area (Å²) in [6.45, 7) is 2.06. The van der Waals surface area contributed by atoms with Crippen LogP contribution in [0.25, 0.3) is 0 Å². The summed E-state index contributed by atoms with van der Waals surface area (Å²) in [7, 11) is 0. The van der Waals surface area contributed by atoms with E-state index in [4.69, 9.17) is 9.26 Å². The first-order valence-corrected chi connectivity index (χ1v) is 9.96. The molecule has 0 spiro atoms. The molecule has 1 atom stereocenters. The number of alkyl halides is 3. The summed E-state index contributed by atoms with van der Waals surface area (Å²) < 4.78 is 48.0. The van der Waals surface area contributed by atoms with Gasteiger partial charge < -0.3 is 14.6 Å². The highest BCUT2D eigenvalue weighted by Gasteiger charge is 2.40. The van der Waals surface area contributed by atoms with Gasteiger partial charge in [0.1, 0.15) is 17.0 Å². The van der Waals surface area contributed by atoms with E-state index in [1.54, 1.807) is 6.92 Å². The highest BCUT2D eigenvalue weighted by Crippen LogP contribution is 2.44. The summed E-state index contributed by atoms with van der Waals surface area (Å²) >= 11 is 0. The van der Waals surface area contributed by atoms with Gasteiger partial charge in [0.15, 0.2) is 12.4 Å². The molecule has 30 heavy (non-hydrogen) atoms. The quantitative estimate of drug-likeness (QED) is 0.688. The molecule has 2 aliphatic carbocycles. The van der Waals surface area contributed by atoms with Gasteiger partial charge in [-0.2, -0.15) is 18.2 Å². The Balaban J connectivity index is 1.56. The molecule has 2 aromatic heterocycles. The normalized spacial score (nSPS) is 18.7. The molecule has 2 fully saturated rings. The van der Waals surface area contributed by atoms with E-state index in [9.17, 15) is 18.0 Å². The second-order valence-corrected chi connectivity index (χ2v) is 8.36. The van der Waals surface area contributed by atoms with Crippen molar-refractivity contribution in [3.63, 3.8) is 0 Å². The number of ether oxygens (including phenoxy) is 1. The van der Waals surface area contributed by atoms with Crippen LogP contribution in [0.4, 0.5) is 13.2 Å². The molecule has 0 unspecified atom stereocenters. The number of rotatable bonds is 8. The van der Waals surface area contributed by atoms with E-state index >= 15 is 0 Å². The van der Waals surface area contributed by atoms with Crippen LogP contribution in [0, 0.1) is 12.8 Å². The Hall–Kier alpha value is -2.65. The number of hydrogen-bond acceptors (Lipinski definition) is 6. The molecular weight excluding hydrogens is 401 g/mol. The van der Waals surface area contributed by atoms with E-state index < -0.39 is 24.2 Å². The van der Waals surface area contributed by atoms with Crippen molar-refractivity contribution in [2.24, 2.45) is 5.92 Å². The molecular formula is C20H23F3N4O3. The van der Waals surface area contributed by atoms with Crippen LogP contribution in [0.1, 0.15) is 72.7 Å². The standard InChI is InChI=1S/C20H23F3N4O3/c1-11-25-18(27-30-11)19(2,8-12-3-4-12)26-17(28)15-7-16(29-10-20(21,22)23)14(9-24-15)13-5-6-13/h7,9,12-13H,3-6,8,10H2,1-2H3,(H,26,28)/t19-/m0/s1. The van der Waals surface area contributed by atoms with Gasteiger partial charge in [0.25, 0.3) is 5.91 Å². The van der Waals surface area contributed by atoms with Crippen LogP contribution in [0.2, 0.25) is 0 Å². The van der Waals surface area contributed by atoms with Crippen LogP contribution in [0.5, 0.6) is 5.75 Å². The van der Waals surface area contributed by atoms with E-state index in [0.29, 0.717) is 29.6 Å². The van der Waals surface area contributed by atoms with Crippen molar-refractivity contribution in [1.82, 2.24) is 20.4 Å². The van der Waals surface area contributed by atoms with Crippen molar-refractivity contribution >= 4 is 5.91 Å². The van der Waals surface area contributed by atoms with Gasteiger partial charge in [0.05, 0.1) is 0 Å². The molecule has 7 nitrogen and oxygen atoms in total. The van der Waals surface area contributed by atoms with Crippen molar-refractivity contribution in [1.29, 1.82) is 0 Å². The number of amides is 1. The number of halogens is 3. The zero-order chi connectivity index (χ0) is 21.5. The van der Waals surface area contributed by atoms with Crippen molar-refractivity contribution in [3.05, 3.63) is 35.2 Å². The minimum Gasteiger partial charge on any atom is -0.484 e. The maximum absolute atomic E-state index is 13.0. The summed E-state index contributed by atoms with van der Waals surface area (Å²) in [5, 5.41) is 6.87. The van der Waals surface area contributed by atoms with Gasteiger partial charge in [0, 0.05) is 24.8 Å². The van der Waals surface area contributed by atoms with Gasteiger partial charge in [0.2, 0.25) is 5.89 Å². The number of carbonyl (C=O) groups is 1. The second kappa shape index (κ2) is 7.55. The molecule has 0 radical (unpaired) electrons. The predicted octanol–water partition coefficient (Wildman–Crippen LogP) is 4.04. The molecule has 2 aliphatic rings. The minimum atomic E-state index is -4.47. The maximum atomic E-state index is 13.0. The van der Waals surface area contributed by atoms with Crippen LogP contribution >= 0.6 is 0 Å². The third kappa shape index (κ3) is 4.91. The first kappa shape index (κ1) is 20.6. The van der Waals surface area contributed by atoms with E-state index in [2.05, 4.69) is 20.4 Å². The Kier molecular flexibility index (Phi) is 5.19. The van der Waals surface area contributed by atoms with Gasteiger partial charge in [-0.1, -0.05) is 18.0 Å². The van der Waals surface area contributed by atoms with Crippen LogP contribution in [-0.4, -0.2) is 33.8 Å². The molecule has 10 heteroatoms. The third-order valence-corrected chi connectivity index (χ3v) is 5.34. The van der Waals surface area contributed by atoms with E-state index in [1.807, 2.05) is 6.92 Å². The molecule has 2 aromatic rings. The number of pyridine rings is 1. The maximum Gasteiger partial charge on any atom is 0.422 e. The fourth-order valence-corrected chi connectivity index (χ4v) is 3.49. The Bertz CT molecular complexity index is 938. The Morgan fingerprint density at radius 1 is 1.30 bits per heavy atom. The predicted molar refractivity (Wildman–Crippen MR) is 99.0 cm³/mol.